The average molecular weight is 597 g/mol. The van der Waals surface area contributed by atoms with Crippen LogP contribution in [0.1, 0.15) is 11.6 Å². The topological polar surface area (TPSA) is 92.5 Å². The first-order chi connectivity index (χ1) is 17.5. The highest BCUT2D eigenvalue weighted by Gasteiger charge is 2.22. The van der Waals surface area contributed by atoms with Gasteiger partial charge in [0.15, 0.2) is 3.77 Å². The molecular weight excluding hydrogens is 569 g/mol. The molecule has 2 aromatic heterocycles. The minimum Gasteiger partial charge on any atom is -0.431 e. The smallest absolute Gasteiger partial charge is 0.248 e. The number of hydrogen-bond donors (Lipinski definition) is 2. The van der Waals surface area contributed by atoms with Crippen molar-refractivity contribution >= 4 is 51.1 Å². The molecule has 9 heteroatoms. The maximum absolute atomic E-state index is 12.4. The number of ether oxygens (including phenoxy) is 1. The van der Waals surface area contributed by atoms with Crippen LogP contribution in [0.5, 0.6) is 0 Å². The van der Waals surface area contributed by atoms with Gasteiger partial charge in [0.05, 0.1) is 18.0 Å². The van der Waals surface area contributed by atoms with E-state index in [4.69, 9.17) is 9.15 Å². The summed E-state index contributed by atoms with van der Waals surface area (Å²) in [5.41, 5.74) is 3.99. The third-order valence-corrected chi connectivity index (χ3v) is 6.21. The Hall–Kier alpha value is -3.28. The van der Waals surface area contributed by atoms with E-state index < -0.39 is 0 Å². The van der Waals surface area contributed by atoms with Gasteiger partial charge in [-0.25, -0.2) is 9.97 Å². The summed E-state index contributed by atoms with van der Waals surface area (Å²) in [6.45, 7) is 1.15. The van der Waals surface area contributed by atoms with Gasteiger partial charge in [0, 0.05) is 53.6 Å². The number of amides is 1. The molecule has 1 amide bonds. The van der Waals surface area contributed by atoms with Gasteiger partial charge < -0.3 is 24.7 Å². The number of furan rings is 1. The van der Waals surface area contributed by atoms with Crippen LogP contribution in [-0.4, -0.2) is 55.1 Å². The molecule has 2 heterocycles. The number of fused-ring (bicyclic) bond motifs is 1. The van der Waals surface area contributed by atoms with E-state index in [1.165, 1.54) is 6.33 Å². The molecular formula is C27H28IN5O3. The first-order valence-electron chi connectivity index (χ1n) is 11.4. The number of anilines is 2. The number of nitrogens with one attached hydrogen (secondary N) is 2. The lowest BCUT2D eigenvalue weighted by molar-refractivity contribution is -0.111. The van der Waals surface area contributed by atoms with Gasteiger partial charge in [0.2, 0.25) is 11.6 Å². The molecule has 0 aliphatic carbocycles. The van der Waals surface area contributed by atoms with E-state index in [1.54, 1.807) is 13.2 Å². The zero-order chi connectivity index (χ0) is 25.5. The van der Waals surface area contributed by atoms with Crippen molar-refractivity contribution < 1.29 is 13.9 Å². The monoisotopic (exact) mass is 597 g/mol. The molecule has 186 valence electrons. The summed E-state index contributed by atoms with van der Waals surface area (Å²) in [5.74, 6) is 0.463. The van der Waals surface area contributed by atoms with Crippen LogP contribution in [0.15, 0.2) is 77.5 Å². The Labute approximate surface area is 223 Å². The fourth-order valence-corrected chi connectivity index (χ4v) is 4.61. The first-order valence-corrected chi connectivity index (χ1v) is 12.5. The Morgan fingerprint density at radius 1 is 1.17 bits per heavy atom. The molecule has 0 fully saturated rings. The van der Waals surface area contributed by atoms with Gasteiger partial charge in [-0.15, -0.1) is 0 Å². The fourth-order valence-electron chi connectivity index (χ4n) is 3.82. The maximum atomic E-state index is 12.4. The molecule has 0 radical (unpaired) electrons. The summed E-state index contributed by atoms with van der Waals surface area (Å²) in [6, 6.07) is 17.6. The number of halogens is 1. The quantitative estimate of drug-likeness (QED) is 0.188. The van der Waals surface area contributed by atoms with Crippen molar-refractivity contribution in [3.8, 4) is 11.1 Å². The van der Waals surface area contributed by atoms with Crippen molar-refractivity contribution in [3.63, 3.8) is 0 Å². The van der Waals surface area contributed by atoms with E-state index in [2.05, 4.69) is 43.2 Å². The Balaban J connectivity index is 1.68. The van der Waals surface area contributed by atoms with Crippen molar-refractivity contribution in [1.29, 1.82) is 0 Å². The summed E-state index contributed by atoms with van der Waals surface area (Å²) in [7, 11) is 5.58. The molecule has 4 rings (SSSR count). The summed E-state index contributed by atoms with van der Waals surface area (Å²) < 4.78 is 12.2. The third kappa shape index (κ3) is 6.28. The third-order valence-electron chi connectivity index (χ3n) is 5.45. The van der Waals surface area contributed by atoms with E-state index in [9.17, 15) is 4.79 Å². The van der Waals surface area contributed by atoms with Crippen LogP contribution in [0.2, 0.25) is 0 Å². The van der Waals surface area contributed by atoms with Crippen molar-refractivity contribution in [2.45, 2.75) is 6.04 Å². The summed E-state index contributed by atoms with van der Waals surface area (Å²) >= 11 is 2.17. The second kappa shape index (κ2) is 12.1. The molecule has 0 spiro atoms. The highest BCUT2D eigenvalue weighted by molar-refractivity contribution is 14.1. The molecule has 4 aromatic rings. The van der Waals surface area contributed by atoms with Gasteiger partial charge in [0.25, 0.3) is 0 Å². The van der Waals surface area contributed by atoms with Gasteiger partial charge in [-0.05, 0) is 37.4 Å². The minimum atomic E-state index is -0.184. The number of likely N-dealkylation sites (N-methyl/N-ethyl adjacent to an activating group) is 1. The van der Waals surface area contributed by atoms with Gasteiger partial charge in [-0.1, -0.05) is 48.5 Å². The standard InChI is InChI=1S/C27H28IN5O3/c1-33(2)14-8-13-22(34)31-20-12-7-11-19(15-20)23-24-26(29-17-30-27(24)36-25(23)28)32-21(16-35-3)18-9-5-4-6-10-18/h4-13,15,17,21H,14,16H2,1-3H3,(H,31,34)(H,29,30,32)/b13-8+/t21-/m1/s1. The van der Waals surface area contributed by atoms with Crippen molar-refractivity contribution in [3.05, 3.63) is 82.4 Å². The van der Waals surface area contributed by atoms with E-state index in [0.717, 1.165) is 22.1 Å². The average Bonchev–Trinajstić information content (AvgIpc) is 3.21. The molecule has 36 heavy (non-hydrogen) atoms. The van der Waals surface area contributed by atoms with Gasteiger partial charge in [-0.2, -0.15) is 0 Å². The summed E-state index contributed by atoms with van der Waals surface area (Å²) in [5, 5.41) is 7.22. The first kappa shape index (κ1) is 25.8. The lowest BCUT2D eigenvalue weighted by Gasteiger charge is -2.19. The van der Waals surface area contributed by atoms with Crippen LogP contribution in [0.3, 0.4) is 0 Å². The summed E-state index contributed by atoms with van der Waals surface area (Å²) in [4.78, 5) is 23.3. The highest BCUT2D eigenvalue weighted by atomic mass is 127. The number of hydrogen-bond acceptors (Lipinski definition) is 7. The molecule has 0 unspecified atom stereocenters. The number of benzene rings is 2. The molecule has 0 saturated carbocycles. The van der Waals surface area contributed by atoms with Crippen LogP contribution in [-0.2, 0) is 9.53 Å². The second-order valence-corrected chi connectivity index (χ2v) is 9.43. The minimum absolute atomic E-state index is 0.116. The number of aromatic nitrogens is 2. The zero-order valence-electron chi connectivity index (χ0n) is 20.4. The second-order valence-electron chi connectivity index (χ2n) is 8.45. The van der Waals surface area contributed by atoms with Crippen molar-refractivity contribution in [1.82, 2.24) is 14.9 Å². The van der Waals surface area contributed by atoms with Crippen molar-refractivity contribution in [2.75, 3.05) is 45.0 Å². The molecule has 2 aromatic carbocycles. The molecule has 0 bridgehead atoms. The summed E-state index contributed by atoms with van der Waals surface area (Å²) in [6.07, 6.45) is 4.85. The van der Waals surface area contributed by atoms with Crippen LogP contribution >= 0.6 is 22.6 Å². The molecule has 1 atom stereocenters. The lowest BCUT2D eigenvalue weighted by Crippen LogP contribution is -2.17. The van der Waals surface area contributed by atoms with Gasteiger partial charge in [0.1, 0.15) is 12.1 Å². The largest absolute Gasteiger partial charge is 0.431 e. The number of rotatable bonds is 10. The Morgan fingerprint density at radius 2 is 1.97 bits per heavy atom. The predicted molar refractivity (Wildman–Crippen MR) is 151 cm³/mol. The van der Waals surface area contributed by atoms with E-state index in [1.807, 2.05) is 79.7 Å². The highest BCUT2D eigenvalue weighted by Crippen LogP contribution is 2.39. The lowest BCUT2D eigenvalue weighted by atomic mass is 10.0. The SMILES string of the molecule is COC[C@@H](Nc1ncnc2oc(I)c(-c3cccc(NC(=O)/C=C/CN(C)C)c3)c12)c1ccccc1. The Kier molecular flexibility index (Phi) is 8.68. The number of carbonyl (C=O) groups is 1. The zero-order valence-corrected chi connectivity index (χ0v) is 22.5. The van der Waals surface area contributed by atoms with Crippen LogP contribution in [0, 0.1) is 3.77 Å². The normalized spacial score (nSPS) is 12.4. The fraction of sp³-hybridized carbons (Fsp3) is 0.222. The van der Waals surface area contributed by atoms with Gasteiger partial charge in [-0.3, -0.25) is 4.79 Å². The van der Waals surface area contributed by atoms with Crippen LogP contribution in [0.25, 0.3) is 22.2 Å². The number of methoxy groups -OCH3 is 1. The number of carbonyl (C=O) groups excluding carboxylic acids is 1. The van der Waals surface area contributed by atoms with Gasteiger partial charge >= 0.3 is 0 Å². The Bertz CT molecular complexity index is 1350. The van der Waals surface area contributed by atoms with Crippen LogP contribution in [0.4, 0.5) is 11.5 Å². The van der Waals surface area contributed by atoms with Crippen LogP contribution < -0.4 is 10.6 Å². The van der Waals surface area contributed by atoms with E-state index >= 15 is 0 Å². The maximum Gasteiger partial charge on any atom is 0.248 e. The van der Waals surface area contributed by atoms with E-state index in [-0.39, 0.29) is 11.9 Å². The Morgan fingerprint density at radius 3 is 2.72 bits per heavy atom. The molecule has 0 aliphatic heterocycles. The predicted octanol–water partition coefficient (Wildman–Crippen LogP) is 5.35. The molecule has 2 N–H and O–H groups in total. The molecule has 8 nitrogen and oxygen atoms in total. The molecule has 0 aliphatic rings. The number of nitrogens with zero attached hydrogens (tertiary/aromatic N) is 3. The van der Waals surface area contributed by atoms with Crippen molar-refractivity contribution in [2.24, 2.45) is 0 Å². The van der Waals surface area contributed by atoms with E-state index in [0.29, 0.717) is 34.1 Å². The molecule has 0 saturated heterocycles.